The minimum Gasteiger partial charge on any atom is -0.496 e. The summed E-state index contributed by atoms with van der Waals surface area (Å²) in [4.78, 5) is 14.9. The molecule has 0 fully saturated rings. The molecule has 0 unspecified atom stereocenters. The normalized spacial score (nSPS) is 12.7. The molecule has 9 heteroatoms. The van der Waals surface area contributed by atoms with E-state index in [1.54, 1.807) is 27.4 Å². The molecule has 0 saturated heterocycles. The lowest BCUT2D eigenvalue weighted by Crippen LogP contribution is -2.37. The number of hydrogen-bond donors (Lipinski definition) is 0. The number of benzene rings is 2. The molecule has 0 saturated carbocycles. The van der Waals surface area contributed by atoms with Crippen LogP contribution >= 0.6 is 11.8 Å². The Morgan fingerprint density at radius 2 is 1.76 bits per heavy atom. The number of para-hydroxylation sites is 1. The summed E-state index contributed by atoms with van der Waals surface area (Å²) < 4.78 is 18.3. The Hall–Kier alpha value is -3.46. The molecule has 1 aliphatic rings. The van der Waals surface area contributed by atoms with Crippen molar-refractivity contribution in [2.45, 2.75) is 24.7 Å². The van der Waals surface area contributed by atoms with Crippen LogP contribution in [0, 0.1) is 0 Å². The number of methoxy groups -OCH3 is 3. The van der Waals surface area contributed by atoms with Crippen molar-refractivity contribution < 1.29 is 19.0 Å². The van der Waals surface area contributed by atoms with Crippen LogP contribution in [0.4, 0.5) is 0 Å². The molecule has 2 aromatic carbocycles. The maximum atomic E-state index is 13.1. The van der Waals surface area contributed by atoms with Gasteiger partial charge in [-0.25, -0.2) is 0 Å². The number of amides is 1. The van der Waals surface area contributed by atoms with Crippen LogP contribution in [0.15, 0.2) is 54.2 Å². The molecule has 0 spiro atoms. The van der Waals surface area contributed by atoms with Crippen molar-refractivity contribution in [2.75, 3.05) is 33.6 Å². The number of hydrogen-bond acceptors (Lipinski definition) is 7. The van der Waals surface area contributed by atoms with Gasteiger partial charge in [0.15, 0.2) is 22.5 Å². The predicted octanol–water partition coefficient (Wildman–Crippen LogP) is 3.83. The average molecular weight is 481 g/mol. The van der Waals surface area contributed by atoms with Gasteiger partial charge in [0.05, 0.1) is 32.6 Å². The average Bonchev–Trinajstić information content (AvgIpc) is 3.28. The van der Waals surface area contributed by atoms with Crippen LogP contribution in [0.5, 0.6) is 17.2 Å². The third kappa shape index (κ3) is 4.75. The highest BCUT2D eigenvalue weighted by Gasteiger charge is 2.24. The standard InChI is InChI=1S/C25H28N4O4S/c1-5-11-29-24(19-8-6-7-9-20(19)31-2)26-27-25(29)34-16-23(30)28-12-10-17-13-21(32-3)22(33-4)14-18(17)15-28/h5-9,13-14H,1,10-12,15-16H2,2-4H3. The zero-order chi connectivity index (χ0) is 24.1. The van der Waals surface area contributed by atoms with E-state index in [1.807, 2.05) is 45.9 Å². The summed E-state index contributed by atoms with van der Waals surface area (Å²) in [5.74, 6) is 3.10. The first-order chi connectivity index (χ1) is 16.6. The van der Waals surface area contributed by atoms with E-state index < -0.39 is 0 Å². The molecule has 34 heavy (non-hydrogen) atoms. The largest absolute Gasteiger partial charge is 0.496 e. The lowest BCUT2D eigenvalue weighted by atomic mass is 9.99. The van der Waals surface area contributed by atoms with E-state index in [4.69, 9.17) is 14.2 Å². The van der Waals surface area contributed by atoms with Crippen LogP contribution < -0.4 is 14.2 Å². The van der Waals surface area contributed by atoms with Gasteiger partial charge in [0.2, 0.25) is 5.91 Å². The predicted molar refractivity (Wildman–Crippen MR) is 132 cm³/mol. The Bertz CT molecular complexity index is 1190. The monoisotopic (exact) mass is 480 g/mol. The zero-order valence-electron chi connectivity index (χ0n) is 19.6. The van der Waals surface area contributed by atoms with Gasteiger partial charge in [-0.3, -0.25) is 9.36 Å². The summed E-state index contributed by atoms with van der Waals surface area (Å²) in [7, 11) is 4.87. The Morgan fingerprint density at radius 1 is 1.06 bits per heavy atom. The highest BCUT2D eigenvalue weighted by atomic mass is 32.2. The number of allylic oxidation sites excluding steroid dienone is 1. The van der Waals surface area contributed by atoms with Gasteiger partial charge in [-0.2, -0.15) is 0 Å². The molecule has 0 radical (unpaired) electrons. The molecular weight excluding hydrogens is 452 g/mol. The summed E-state index contributed by atoms with van der Waals surface area (Å²) >= 11 is 1.38. The number of carbonyl (C=O) groups is 1. The first-order valence-electron chi connectivity index (χ1n) is 10.9. The lowest BCUT2D eigenvalue weighted by Gasteiger charge is -2.29. The van der Waals surface area contributed by atoms with E-state index >= 15 is 0 Å². The molecule has 0 N–H and O–H groups in total. The van der Waals surface area contributed by atoms with Crippen LogP contribution in [0.2, 0.25) is 0 Å². The van der Waals surface area contributed by atoms with E-state index in [-0.39, 0.29) is 11.7 Å². The summed E-state index contributed by atoms with van der Waals surface area (Å²) in [5, 5.41) is 9.40. The van der Waals surface area contributed by atoms with Gasteiger partial charge in [-0.05, 0) is 41.8 Å². The Balaban J connectivity index is 1.48. The second-order valence-corrected chi connectivity index (χ2v) is 8.68. The molecule has 0 aliphatic carbocycles. The summed E-state index contributed by atoms with van der Waals surface area (Å²) in [5.41, 5.74) is 3.10. The van der Waals surface area contributed by atoms with Crippen molar-refractivity contribution in [1.29, 1.82) is 0 Å². The van der Waals surface area contributed by atoms with Crippen molar-refractivity contribution in [2.24, 2.45) is 0 Å². The third-order valence-corrected chi connectivity index (χ3v) is 6.72. The second-order valence-electron chi connectivity index (χ2n) is 7.74. The van der Waals surface area contributed by atoms with Gasteiger partial charge in [-0.15, -0.1) is 16.8 Å². The molecule has 1 aliphatic heterocycles. The Kier molecular flexibility index (Phi) is 7.42. The van der Waals surface area contributed by atoms with Crippen molar-refractivity contribution in [1.82, 2.24) is 19.7 Å². The molecular formula is C25H28N4O4S. The summed E-state index contributed by atoms with van der Waals surface area (Å²) in [6.45, 7) is 5.59. The summed E-state index contributed by atoms with van der Waals surface area (Å²) in [6, 6.07) is 11.6. The summed E-state index contributed by atoms with van der Waals surface area (Å²) in [6.07, 6.45) is 2.56. The van der Waals surface area contributed by atoms with Crippen molar-refractivity contribution in [3.8, 4) is 28.6 Å². The quantitative estimate of drug-likeness (QED) is 0.340. The van der Waals surface area contributed by atoms with Crippen LogP contribution in [0.3, 0.4) is 0 Å². The van der Waals surface area contributed by atoms with Crippen molar-refractivity contribution in [3.63, 3.8) is 0 Å². The van der Waals surface area contributed by atoms with Gasteiger partial charge < -0.3 is 19.1 Å². The Morgan fingerprint density at radius 3 is 2.47 bits per heavy atom. The van der Waals surface area contributed by atoms with Gasteiger partial charge in [0.1, 0.15) is 5.75 Å². The minimum absolute atomic E-state index is 0.0532. The SMILES string of the molecule is C=CCn1c(SCC(=O)N2CCc3cc(OC)c(OC)cc3C2)nnc1-c1ccccc1OC. The lowest BCUT2D eigenvalue weighted by molar-refractivity contribution is -0.129. The molecule has 0 atom stereocenters. The van der Waals surface area contributed by atoms with Gasteiger partial charge in [0.25, 0.3) is 0 Å². The van der Waals surface area contributed by atoms with E-state index in [2.05, 4.69) is 16.8 Å². The van der Waals surface area contributed by atoms with Gasteiger partial charge in [0, 0.05) is 19.6 Å². The third-order valence-electron chi connectivity index (χ3n) is 5.77. The van der Waals surface area contributed by atoms with Crippen molar-refractivity contribution >= 4 is 17.7 Å². The first kappa shape index (κ1) is 23.7. The molecule has 1 amide bonds. The number of ether oxygens (including phenoxy) is 3. The number of fused-ring (bicyclic) bond motifs is 1. The van der Waals surface area contributed by atoms with Crippen molar-refractivity contribution in [3.05, 3.63) is 60.2 Å². The van der Waals surface area contributed by atoms with Gasteiger partial charge >= 0.3 is 0 Å². The first-order valence-corrected chi connectivity index (χ1v) is 11.9. The van der Waals surface area contributed by atoms with Crippen LogP contribution in [0.25, 0.3) is 11.4 Å². The number of thioether (sulfide) groups is 1. The highest BCUT2D eigenvalue weighted by molar-refractivity contribution is 7.99. The topological polar surface area (TPSA) is 78.7 Å². The molecule has 3 aromatic rings. The molecule has 8 nitrogen and oxygen atoms in total. The number of rotatable bonds is 9. The molecule has 0 bridgehead atoms. The molecule has 2 heterocycles. The zero-order valence-corrected chi connectivity index (χ0v) is 20.4. The Labute approximate surface area is 203 Å². The highest BCUT2D eigenvalue weighted by Crippen LogP contribution is 2.34. The second kappa shape index (κ2) is 10.6. The maximum Gasteiger partial charge on any atom is 0.233 e. The maximum absolute atomic E-state index is 13.1. The fourth-order valence-electron chi connectivity index (χ4n) is 4.03. The van der Waals surface area contributed by atoms with E-state index in [9.17, 15) is 4.79 Å². The molecule has 178 valence electrons. The smallest absolute Gasteiger partial charge is 0.233 e. The van der Waals surface area contributed by atoms with E-state index in [0.29, 0.717) is 47.9 Å². The fraction of sp³-hybridized carbons (Fsp3) is 0.320. The van der Waals surface area contributed by atoms with Gasteiger partial charge in [-0.1, -0.05) is 30.0 Å². The number of nitrogens with zero attached hydrogens (tertiary/aromatic N) is 4. The number of aromatic nitrogens is 3. The molecule has 4 rings (SSSR count). The fourth-order valence-corrected chi connectivity index (χ4v) is 4.88. The van der Waals surface area contributed by atoms with Crippen LogP contribution in [0.1, 0.15) is 11.1 Å². The van der Waals surface area contributed by atoms with E-state index in [1.165, 1.54) is 17.3 Å². The van der Waals surface area contributed by atoms with Crippen LogP contribution in [-0.2, 0) is 24.3 Å². The molecule has 1 aromatic heterocycles. The van der Waals surface area contributed by atoms with Crippen LogP contribution in [-0.4, -0.2) is 59.2 Å². The minimum atomic E-state index is 0.0532. The number of carbonyl (C=O) groups excluding carboxylic acids is 1. The van der Waals surface area contributed by atoms with E-state index in [0.717, 1.165) is 17.5 Å².